The van der Waals surface area contributed by atoms with Gasteiger partial charge in [-0.2, -0.15) is 0 Å². The summed E-state index contributed by atoms with van der Waals surface area (Å²) in [6.07, 6.45) is 5.45. The second-order valence-electron chi connectivity index (χ2n) is 8.34. The molecule has 132 valence electrons. The van der Waals surface area contributed by atoms with Crippen LogP contribution in [0.1, 0.15) is 58.3 Å². The first-order valence-corrected chi connectivity index (χ1v) is 9.27. The molecule has 5 heterocycles. The molecule has 1 aromatic heterocycles. The highest BCUT2D eigenvalue weighted by Crippen LogP contribution is 2.62. The van der Waals surface area contributed by atoms with Crippen LogP contribution in [0.5, 0.6) is 0 Å². The molecule has 2 bridgehead atoms. The molecule has 0 amide bonds. The fourth-order valence-electron chi connectivity index (χ4n) is 5.68. The molecule has 8 atom stereocenters. The van der Waals surface area contributed by atoms with Gasteiger partial charge < -0.3 is 13.9 Å². The van der Waals surface area contributed by atoms with Gasteiger partial charge in [0.15, 0.2) is 11.9 Å². The maximum absolute atomic E-state index is 6.48. The molecule has 1 aliphatic carbocycles. The SMILES string of the molecule is C[C@H]1[C@H](c2ccco2)O[C@@H]2OC3(C)CC[C@H]4[C@H](C)CC[C@@H]1[C@@]24OO3. The lowest BCUT2D eigenvalue weighted by Crippen LogP contribution is -2.69. The minimum Gasteiger partial charge on any atom is -0.467 e. The van der Waals surface area contributed by atoms with Gasteiger partial charge in [-0.15, -0.1) is 0 Å². The maximum Gasteiger partial charge on any atom is 0.201 e. The molecule has 0 N–H and O–H groups in total. The summed E-state index contributed by atoms with van der Waals surface area (Å²) < 4.78 is 18.5. The smallest absolute Gasteiger partial charge is 0.201 e. The molecule has 5 nitrogen and oxygen atoms in total. The predicted molar refractivity (Wildman–Crippen MR) is 84.5 cm³/mol. The van der Waals surface area contributed by atoms with Gasteiger partial charge in [-0.05, 0) is 56.1 Å². The van der Waals surface area contributed by atoms with Crippen molar-refractivity contribution in [2.24, 2.45) is 23.7 Å². The third-order valence-electron chi connectivity index (χ3n) is 6.98. The van der Waals surface area contributed by atoms with Gasteiger partial charge in [0.25, 0.3) is 0 Å². The Kier molecular flexibility index (Phi) is 3.25. The molecule has 5 heteroatoms. The van der Waals surface area contributed by atoms with Gasteiger partial charge >= 0.3 is 0 Å². The molecule has 1 spiro atoms. The number of hydrogen-bond donors (Lipinski definition) is 0. The summed E-state index contributed by atoms with van der Waals surface area (Å²) in [6.45, 7) is 6.54. The van der Waals surface area contributed by atoms with Crippen molar-refractivity contribution in [2.75, 3.05) is 0 Å². The van der Waals surface area contributed by atoms with E-state index in [9.17, 15) is 0 Å². The number of furan rings is 1. The van der Waals surface area contributed by atoms with Crippen LogP contribution >= 0.6 is 0 Å². The van der Waals surface area contributed by atoms with Crippen molar-refractivity contribution < 1.29 is 23.7 Å². The van der Waals surface area contributed by atoms with E-state index in [1.165, 1.54) is 6.42 Å². The zero-order chi connectivity index (χ0) is 16.5. The predicted octanol–water partition coefficient (Wildman–Crippen LogP) is 4.20. The van der Waals surface area contributed by atoms with Crippen molar-refractivity contribution >= 4 is 0 Å². The van der Waals surface area contributed by atoms with Crippen molar-refractivity contribution in [1.82, 2.24) is 0 Å². The molecular formula is C19H26O5. The van der Waals surface area contributed by atoms with Gasteiger partial charge in [-0.1, -0.05) is 13.8 Å². The number of hydrogen-bond acceptors (Lipinski definition) is 5. The summed E-state index contributed by atoms with van der Waals surface area (Å²) >= 11 is 0. The van der Waals surface area contributed by atoms with Crippen molar-refractivity contribution in [1.29, 1.82) is 0 Å². The van der Waals surface area contributed by atoms with Gasteiger partial charge in [-0.3, -0.25) is 0 Å². The van der Waals surface area contributed by atoms with Gasteiger partial charge in [0, 0.05) is 12.3 Å². The molecule has 6 rings (SSSR count). The second kappa shape index (κ2) is 5.07. The zero-order valence-corrected chi connectivity index (χ0v) is 14.6. The van der Waals surface area contributed by atoms with E-state index in [1.54, 1.807) is 6.26 Å². The molecule has 0 aromatic carbocycles. The minimum atomic E-state index is -0.716. The number of fused-ring (bicyclic) bond motifs is 2. The lowest BCUT2D eigenvalue weighted by atomic mass is 9.57. The lowest BCUT2D eigenvalue weighted by molar-refractivity contribution is -0.572. The Hall–Kier alpha value is -0.880. The molecule has 1 unspecified atom stereocenters. The van der Waals surface area contributed by atoms with E-state index in [-0.39, 0.29) is 12.0 Å². The topological polar surface area (TPSA) is 50.1 Å². The third-order valence-corrected chi connectivity index (χ3v) is 6.98. The van der Waals surface area contributed by atoms with Crippen LogP contribution in [0.2, 0.25) is 0 Å². The molecule has 5 fully saturated rings. The molecule has 24 heavy (non-hydrogen) atoms. The van der Waals surface area contributed by atoms with Crippen LogP contribution in [-0.4, -0.2) is 17.7 Å². The zero-order valence-electron chi connectivity index (χ0n) is 14.6. The minimum absolute atomic E-state index is 0.0961. The summed E-state index contributed by atoms with van der Waals surface area (Å²) in [5, 5.41) is 0. The van der Waals surface area contributed by atoms with E-state index in [0.717, 1.165) is 25.0 Å². The van der Waals surface area contributed by atoms with Crippen molar-refractivity contribution in [3.8, 4) is 0 Å². The molecule has 4 saturated heterocycles. The van der Waals surface area contributed by atoms with E-state index in [1.807, 2.05) is 19.1 Å². The van der Waals surface area contributed by atoms with E-state index in [4.69, 9.17) is 23.7 Å². The van der Waals surface area contributed by atoms with Crippen molar-refractivity contribution in [3.05, 3.63) is 24.2 Å². The van der Waals surface area contributed by atoms with E-state index in [2.05, 4.69) is 13.8 Å². The summed E-state index contributed by atoms with van der Waals surface area (Å²) in [5.41, 5.74) is -0.490. The highest BCUT2D eigenvalue weighted by Gasteiger charge is 2.69. The van der Waals surface area contributed by atoms with Crippen molar-refractivity contribution in [2.45, 2.75) is 70.2 Å². The number of ether oxygens (including phenoxy) is 2. The molecule has 5 aliphatic rings. The van der Waals surface area contributed by atoms with E-state index >= 15 is 0 Å². The van der Waals surface area contributed by atoms with Crippen LogP contribution in [-0.2, 0) is 19.2 Å². The third kappa shape index (κ3) is 1.90. The highest BCUT2D eigenvalue weighted by molar-refractivity contribution is 5.14. The highest BCUT2D eigenvalue weighted by atomic mass is 17.3. The Bertz CT molecular complexity index is 615. The Morgan fingerprint density at radius 2 is 1.96 bits per heavy atom. The molecule has 0 radical (unpaired) electrons. The summed E-state index contributed by atoms with van der Waals surface area (Å²) in [7, 11) is 0. The van der Waals surface area contributed by atoms with E-state index in [0.29, 0.717) is 17.8 Å². The van der Waals surface area contributed by atoms with Gasteiger partial charge in [0.2, 0.25) is 5.79 Å². The quantitative estimate of drug-likeness (QED) is 0.720. The molecule has 4 aliphatic heterocycles. The average Bonchev–Trinajstić information content (AvgIpc) is 2.99. The largest absolute Gasteiger partial charge is 0.467 e. The Morgan fingerprint density at radius 3 is 2.75 bits per heavy atom. The first kappa shape index (κ1) is 15.4. The fourth-order valence-corrected chi connectivity index (χ4v) is 5.68. The fraction of sp³-hybridized carbons (Fsp3) is 0.789. The lowest BCUT2D eigenvalue weighted by Gasteiger charge is -2.60. The van der Waals surface area contributed by atoms with Crippen LogP contribution in [0, 0.1) is 23.7 Å². The summed E-state index contributed by atoms with van der Waals surface area (Å²) in [6, 6.07) is 3.92. The van der Waals surface area contributed by atoms with Crippen LogP contribution in [0.25, 0.3) is 0 Å². The molecule has 1 saturated carbocycles. The maximum atomic E-state index is 6.48. The Labute approximate surface area is 142 Å². The molecule has 1 aromatic rings. The number of rotatable bonds is 1. The van der Waals surface area contributed by atoms with Crippen LogP contribution < -0.4 is 0 Å². The first-order valence-electron chi connectivity index (χ1n) is 9.27. The van der Waals surface area contributed by atoms with E-state index < -0.39 is 17.7 Å². The summed E-state index contributed by atoms with van der Waals surface area (Å²) in [5.74, 6) is 1.79. The Morgan fingerprint density at radius 1 is 1.08 bits per heavy atom. The van der Waals surface area contributed by atoms with Crippen LogP contribution in [0.15, 0.2) is 22.8 Å². The van der Waals surface area contributed by atoms with Crippen molar-refractivity contribution in [3.63, 3.8) is 0 Å². The average molecular weight is 334 g/mol. The standard InChI is InChI=1S/C19H26O5/c1-11-6-7-14-12(2)16(15-5-4-10-20-15)21-17-19(14)13(11)8-9-18(3,22-17)23-24-19/h4-5,10-14,16-17H,6-9H2,1-3H3/t11-,12-,13+,14+,16-,17-,18?,19-/m1/s1. The molecular weight excluding hydrogens is 308 g/mol. The second-order valence-corrected chi connectivity index (χ2v) is 8.34. The normalized spacial score (nSPS) is 53.5. The van der Waals surface area contributed by atoms with Gasteiger partial charge in [0.05, 0.1) is 6.26 Å². The van der Waals surface area contributed by atoms with Gasteiger partial charge in [0.1, 0.15) is 11.9 Å². The summed E-state index contributed by atoms with van der Waals surface area (Å²) in [4.78, 5) is 12.0. The van der Waals surface area contributed by atoms with Crippen LogP contribution in [0.4, 0.5) is 0 Å². The monoisotopic (exact) mass is 334 g/mol. The van der Waals surface area contributed by atoms with Crippen LogP contribution in [0.3, 0.4) is 0 Å². The first-order chi connectivity index (χ1) is 11.5. The van der Waals surface area contributed by atoms with Gasteiger partial charge in [-0.25, -0.2) is 9.78 Å². The Balaban J connectivity index is 1.60.